The minimum atomic E-state index is -1.29. The zero-order chi connectivity index (χ0) is 33.8. The number of nitrogens with one attached hydrogen (secondary N) is 4. The number of aromatic nitrogens is 2. The number of rotatable bonds is 15. The standard InChI is InChI=1S/C33H32N4O9S/c38-28(35-24(33(44)45)14-15-29(39)40)5-1-2-16-46-23-12-8-21(9-13-23)19-26-31(42)36-25(30(41)37-26)18-20-6-10-22(11-7-20)34-32(43)27-4-3-17-47-27/h3-4,6-13,17-19,24H,1-2,5,14-16H2,(H,34,43)(H,35,38)(H,36,42)(H,37,41)(H,39,40)(H,44,45)/b25-18-,26-19-. The van der Waals surface area contributed by atoms with E-state index in [0.29, 0.717) is 46.9 Å². The first-order chi connectivity index (χ1) is 22.6. The molecule has 244 valence electrons. The lowest BCUT2D eigenvalue weighted by molar-refractivity contribution is -0.143. The van der Waals surface area contributed by atoms with Crippen LogP contribution < -0.4 is 37.2 Å². The molecule has 0 aliphatic rings. The van der Waals surface area contributed by atoms with Crippen molar-refractivity contribution in [1.82, 2.24) is 15.3 Å². The Hall–Kier alpha value is -5.76. The van der Waals surface area contributed by atoms with Crippen LogP contribution in [-0.4, -0.2) is 56.6 Å². The highest BCUT2D eigenvalue weighted by atomic mass is 32.1. The Bertz CT molecular complexity index is 1950. The predicted molar refractivity (Wildman–Crippen MR) is 175 cm³/mol. The lowest BCUT2D eigenvalue weighted by Crippen LogP contribution is -2.46. The summed E-state index contributed by atoms with van der Waals surface area (Å²) in [5.41, 5.74) is 0.905. The summed E-state index contributed by atoms with van der Waals surface area (Å²) in [6.45, 7) is 0.301. The number of aromatic amines is 2. The molecule has 2 aromatic heterocycles. The van der Waals surface area contributed by atoms with Crippen molar-refractivity contribution in [3.8, 4) is 5.75 Å². The summed E-state index contributed by atoms with van der Waals surface area (Å²) in [5, 5.41) is 24.9. The SMILES string of the molecule is O=C(O)CCC(NC(=O)CCCCOc1ccc(/C=c2\[nH]c(=O)/c(=C/c3ccc(NC(=O)c4cccs4)cc3)[nH]c2=O)cc1)C(=O)O. The molecule has 4 aromatic rings. The fourth-order valence-corrected chi connectivity index (χ4v) is 4.94. The minimum Gasteiger partial charge on any atom is -0.494 e. The molecule has 13 nitrogen and oxygen atoms in total. The van der Waals surface area contributed by atoms with Gasteiger partial charge in [0.15, 0.2) is 0 Å². The third kappa shape index (κ3) is 10.7. The van der Waals surface area contributed by atoms with Crippen molar-refractivity contribution in [2.45, 2.75) is 38.1 Å². The molecule has 2 aromatic carbocycles. The van der Waals surface area contributed by atoms with Crippen molar-refractivity contribution in [3.05, 3.63) is 113 Å². The third-order valence-corrected chi connectivity index (χ3v) is 7.62. The fraction of sp³-hybridized carbons (Fsp3) is 0.212. The van der Waals surface area contributed by atoms with E-state index < -0.39 is 35.0 Å². The lowest BCUT2D eigenvalue weighted by atomic mass is 10.1. The second-order valence-corrected chi connectivity index (χ2v) is 11.3. The Morgan fingerprint density at radius 3 is 2.00 bits per heavy atom. The molecule has 2 amide bonds. The quantitative estimate of drug-likeness (QED) is 0.103. The van der Waals surface area contributed by atoms with Gasteiger partial charge in [0.2, 0.25) is 5.91 Å². The topological polar surface area (TPSA) is 208 Å². The smallest absolute Gasteiger partial charge is 0.326 e. The van der Waals surface area contributed by atoms with Crippen molar-refractivity contribution in [2.75, 3.05) is 11.9 Å². The number of carbonyl (C=O) groups excluding carboxylic acids is 2. The van der Waals surface area contributed by atoms with E-state index in [0.717, 1.165) is 0 Å². The first-order valence-electron chi connectivity index (χ1n) is 14.6. The first kappa shape index (κ1) is 34.1. The van der Waals surface area contributed by atoms with E-state index in [1.54, 1.807) is 60.7 Å². The summed E-state index contributed by atoms with van der Waals surface area (Å²) in [5.74, 6) is -2.57. The summed E-state index contributed by atoms with van der Waals surface area (Å²) in [6.07, 6.45) is 3.52. The van der Waals surface area contributed by atoms with Crippen LogP contribution in [-0.2, 0) is 14.4 Å². The zero-order valence-electron chi connectivity index (χ0n) is 25.0. The average Bonchev–Trinajstić information content (AvgIpc) is 3.58. The van der Waals surface area contributed by atoms with Crippen molar-refractivity contribution < 1.29 is 34.1 Å². The molecule has 4 rings (SSSR count). The Morgan fingerprint density at radius 2 is 1.45 bits per heavy atom. The monoisotopic (exact) mass is 660 g/mol. The number of H-pyrrole nitrogens is 2. The molecule has 0 bridgehead atoms. The van der Waals surface area contributed by atoms with Gasteiger partial charge in [0.25, 0.3) is 17.0 Å². The normalized spacial score (nSPS) is 12.3. The van der Waals surface area contributed by atoms with Gasteiger partial charge in [-0.3, -0.25) is 24.0 Å². The highest BCUT2D eigenvalue weighted by Gasteiger charge is 2.20. The second-order valence-electron chi connectivity index (χ2n) is 10.3. The van der Waals surface area contributed by atoms with Crippen LogP contribution in [0.1, 0.15) is 52.9 Å². The molecule has 0 aliphatic carbocycles. The largest absolute Gasteiger partial charge is 0.494 e. The van der Waals surface area contributed by atoms with Gasteiger partial charge in [0.1, 0.15) is 22.5 Å². The number of carbonyl (C=O) groups is 4. The molecule has 14 heteroatoms. The molecular weight excluding hydrogens is 628 g/mol. The number of amides is 2. The maximum atomic E-state index is 12.7. The summed E-state index contributed by atoms with van der Waals surface area (Å²) in [6, 6.07) is 15.9. The highest BCUT2D eigenvalue weighted by Crippen LogP contribution is 2.15. The zero-order valence-corrected chi connectivity index (χ0v) is 25.8. The van der Waals surface area contributed by atoms with Crippen molar-refractivity contribution in [2.24, 2.45) is 0 Å². The lowest BCUT2D eigenvalue weighted by Gasteiger charge is -2.13. The number of hydrogen-bond donors (Lipinski definition) is 6. The number of thiophene rings is 1. The predicted octanol–water partition coefficient (Wildman–Crippen LogP) is 2.02. The fourth-order valence-electron chi connectivity index (χ4n) is 4.32. The summed E-state index contributed by atoms with van der Waals surface area (Å²) in [4.78, 5) is 77.3. The van der Waals surface area contributed by atoms with Gasteiger partial charge in [0, 0.05) is 18.5 Å². The Balaban J connectivity index is 1.28. The summed E-state index contributed by atoms with van der Waals surface area (Å²) in [7, 11) is 0. The van der Waals surface area contributed by atoms with Gasteiger partial charge >= 0.3 is 11.9 Å². The molecule has 6 N–H and O–H groups in total. The van der Waals surface area contributed by atoms with Crippen LogP contribution in [0, 0.1) is 0 Å². The second kappa shape index (κ2) is 16.5. The van der Waals surface area contributed by atoms with E-state index in [9.17, 15) is 28.8 Å². The molecule has 0 spiro atoms. The minimum absolute atomic E-state index is 0.0684. The van der Waals surface area contributed by atoms with E-state index in [4.69, 9.17) is 14.9 Å². The van der Waals surface area contributed by atoms with Gasteiger partial charge in [-0.1, -0.05) is 30.3 Å². The number of aliphatic carboxylic acids is 2. The van der Waals surface area contributed by atoms with E-state index in [1.807, 2.05) is 5.38 Å². The molecule has 1 unspecified atom stereocenters. The van der Waals surface area contributed by atoms with Gasteiger partial charge in [-0.2, -0.15) is 0 Å². The third-order valence-electron chi connectivity index (χ3n) is 6.75. The Morgan fingerprint density at radius 1 is 0.830 bits per heavy atom. The highest BCUT2D eigenvalue weighted by molar-refractivity contribution is 7.12. The van der Waals surface area contributed by atoms with Crippen molar-refractivity contribution >= 4 is 52.9 Å². The van der Waals surface area contributed by atoms with Gasteiger partial charge in [-0.15, -0.1) is 11.3 Å². The maximum absolute atomic E-state index is 12.7. The van der Waals surface area contributed by atoms with Gasteiger partial charge in [0.05, 0.1) is 11.5 Å². The number of unbranched alkanes of at least 4 members (excludes halogenated alkanes) is 1. The number of anilines is 1. The summed E-state index contributed by atoms with van der Waals surface area (Å²) < 4.78 is 5.68. The van der Waals surface area contributed by atoms with E-state index in [-0.39, 0.29) is 35.9 Å². The van der Waals surface area contributed by atoms with Gasteiger partial charge < -0.3 is 35.6 Å². The molecule has 0 saturated heterocycles. The van der Waals surface area contributed by atoms with E-state index in [1.165, 1.54) is 23.5 Å². The number of carboxylic acids is 2. The van der Waals surface area contributed by atoms with E-state index in [2.05, 4.69) is 20.6 Å². The van der Waals surface area contributed by atoms with Crippen LogP contribution in [0.4, 0.5) is 5.69 Å². The van der Waals surface area contributed by atoms with E-state index >= 15 is 0 Å². The van der Waals surface area contributed by atoms with Crippen LogP contribution in [0.25, 0.3) is 12.2 Å². The van der Waals surface area contributed by atoms with Crippen LogP contribution in [0.3, 0.4) is 0 Å². The van der Waals surface area contributed by atoms with Crippen LogP contribution >= 0.6 is 11.3 Å². The first-order valence-corrected chi connectivity index (χ1v) is 15.4. The number of ether oxygens (including phenoxy) is 1. The van der Waals surface area contributed by atoms with Crippen LogP contribution in [0.15, 0.2) is 75.6 Å². The molecule has 0 fully saturated rings. The molecule has 1 atom stereocenters. The Labute approximate surface area is 271 Å². The van der Waals surface area contributed by atoms with Crippen LogP contribution in [0.2, 0.25) is 0 Å². The number of benzene rings is 2. The van der Waals surface area contributed by atoms with Crippen LogP contribution in [0.5, 0.6) is 5.75 Å². The van der Waals surface area contributed by atoms with Crippen molar-refractivity contribution in [3.63, 3.8) is 0 Å². The molecule has 0 radical (unpaired) electrons. The molecule has 47 heavy (non-hydrogen) atoms. The Kier molecular flexibility index (Phi) is 12.0. The maximum Gasteiger partial charge on any atom is 0.326 e. The average molecular weight is 661 g/mol. The van der Waals surface area contributed by atoms with Crippen molar-refractivity contribution in [1.29, 1.82) is 0 Å². The molecular formula is C33H32N4O9S. The summed E-state index contributed by atoms with van der Waals surface area (Å²) >= 11 is 1.34. The molecule has 2 heterocycles. The van der Waals surface area contributed by atoms with Gasteiger partial charge in [-0.25, -0.2) is 4.79 Å². The molecule has 0 saturated carbocycles. The number of carboxylic acid groups (broad SMARTS) is 2. The van der Waals surface area contributed by atoms with Gasteiger partial charge in [-0.05, 0) is 78.3 Å². The number of hydrogen-bond acceptors (Lipinski definition) is 8. The molecule has 0 aliphatic heterocycles.